The number of nitrogens with zero attached hydrogens (tertiary/aromatic N) is 1. The number of carboxylic acids is 1. The van der Waals surface area contributed by atoms with Crippen molar-refractivity contribution in [1.82, 2.24) is 4.98 Å². The minimum absolute atomic E-state index is 0.174. The minimum atomic E-state index is -0.995. The van der Waals surface area contributed by atoms with Crippen molar-refractivity contribution in [3.05, 3.63) is 83.7 Å². The molecule has 0 atom stereocenters. The Morgan fingerprint density at radius 1 is 1.07 bits per heavy atom. The van der Waals surface area contributed by atoms with E-state index in [-0.39, 0.29) is 5.56 Å². The molecule has 0 saturated heterocycles. The Morgan fingerprint density at radius 3 is 2.59 bits per heavy atom. The van der Waals surface area contributed by atoms with E-state index in [4.69, 9.17) is 14.3 Å². The summed E-state index contributed by atoms with van der Waals surface area (Å²) in [6, 6.07) is 20.8. The Morgan fingerprint density at radius 2 is 1.85 bits per heavy atom. The molecule has 134 valence electrons. The molecule has 0 radical (unpaired) electrons. The van der Waals surface area contributed by atoms with E-state index >= 15 is 0 Å². The predicted molar refractivity (Wildman–Crippen MR) is 102 cm³/mol. The van der Waals surface area contributed by atoms with E-state index in [1.807, 2.05) is 60.7 Å². The van der Waals surface area contributed by atoms with Crippen LogP contribution in [0.2, 0.25) is 0 Å². The molecule has 4 rings (SSSR count). The molecule has 0 amide bonds. The normalized spacial score (nSPS) is 10.9. The lowest BCUT2D eigenvalue weighted by Gasteiger charge is -2.07. The topological polar surface area (TPSA) is 72.6 Å². The van der Waals surface area contributed by atoms with Gasteiger partial charge < -0.3 is 14.3 Å². The molecule has 0 aliphatic heterocycles. The van der Waals surface area contributed by atoms with Crippen LogP contribution in [0.4, 0.5) is 0 Å². The van der Waals surface area contributed by atoms with E-state index in [2.05, 4.69) is 4.98 Å². The van der Waals surface area contributed by atoms with E-state index in [0.29, 0.717) is 23.9 Å². The fraction of sp³-hybridized carbons (Fsp3) is 0.0909. The molecule has 0 spiro atoms. The third-order valence-corrected chi connectivity index (χ3v) is 4.33. The highest BCUT2D eigenvalue weighted by Crippen LogP contribution is 2.27. The van der Waals surface area contributed by atoms with Gasteiger partial charge in [-0.15, -0.1) is 0 Å². The van der Waals surface area contributed by atoms with Gasteiger partial charge in [-0.1, -0.05) is 24.3 Å². The molecule has 2 aromatic heterocycles. The highest BCUT2D eigenvalue weighted by atomic mass is 16.5. The van der Waals surface area contributed by atoms with Gasteiger partial charge in [0.25, 0.3) is 0 Å². The first-order valence-electron chi connectivity index (χ1n) is 8.52. The van der Waals surface area contributed by atoms with E-state index < -0.39 is 5.97 Å². The first-order chi connectivity index (χ1) is 13.1. The van der Waals surface area contributed by atoms with Crippen LogP contribution >= 0.6 is 0 Å². The number of aromatic carboxylic acids is 1. The SMILES string of the molecule is Cc1oc(-c2ccc(OCc3ccc4ccccc4n3)cc2)cc1C(=O)O. The van der Waals surface area contributed by atoms with Crippen LogP contribution < -0.4 is 4.74 Å². The molecule has 2 heterocycles. The average molecular weight is 359 g/mol. The fourth-order valence-corrected chi connectivity index (χ4v) is 2.90. The first-order valence-corrected chi connectivity index (χ1v) is 8.52. The van der Waals surface area contributed by atoms with Gasteiger partial charge in [0.15, 0.2) is 0 Å². The summed E-state index contributed by atoms with van der Waals surface area (Å²) < 4.78 is 11.4. The van der Waals surface area contributed by atoms with Crippen molar-refractivity contribution in [3.63, 3.8) is 0 Å². The van der Waals surface area contributed by atoms with Crippen LogP contribution in [-0.2, 0) is 6.61 Å². The summed E-state index contributed by atoms with van der Waals surface area (Å²) in [5, 5.41) is 10.2. The van der Waals surface area contributed by atoms with Crippen LogP contribution in [0.3, 0.4) is 0 Å². The van der Waals surface area contributed by atoms with Gasteiger partial charge in [-0.2, -0.15) is 0 Å². The number of fused-ring (bicyclic) bond motifs is 1. The maximum absolute atomic E-state index is 11.1. The van der Waals surface area contributed by atoms with Gasteiger partial charge >= 0.3 is 5.97 Å². The van der Waals surface area contributed by atoms with Crippen molar-refractivity contribution >= 4 is 16.9 Å². The molecule has 4 aromatic rings. The molecule has 0 saturated carbocycles. The Balaban J connectivity index is 1.47. The van der Waals surface area contributed by atoms with Crippen LogP contribution in [0.1, 0.15) is 21.8 Å². The third-order valence-electron chi connectivity index (χ3n) is 4.33. The summed E-state index contributed by atoms with van der Waals surface area (Å²) >= 11 is 0. The molecule has 0 fully saturated rings. The largest absolute Gasteiger partial charge is 0.487 e. The number of carbonyl (C=O) groups is 1. The number of ether oxygens (including phenoxy) is 1. The second-order valence-electron chi connectivity index (χ2n) is 6.19. The Labute approximate surface area is 155 Å². The number of benzene rings is 2. The Kier molecular flexibility index (Phi) is 4.34. The number of para-hydroxylation sites is 1. The fourth-order valence-electron chi connectivity index (χ4n) is 2.90. The zero-order valence-corrected chi connectivity index (χ0v) is 14.7. The molecule has 1 N–H and O–H groups in total. The van der Waals surface area contributed by atoms with Gasteiger partial charge in [0, 0.05) is 10.9 Å². The number of hydrogen-bond donors (Lipinski definition) is 1. The molecule has 0 unspecified atom stereocenters. The van der Waals surface area contributed by atoms with E-state index in [9.17, 15) is 4.79 Å². The first kappa shape index (κ1) is 16.8. The number of pyridine rings is 1. The standard InChI is InChI=1S/C22H17NO4/c1-14-19(22(24)25)12-21(27-14)16-7-10-18(11-8-16)26-13-17-9-6-15-4-2-3-5-20(15)23-17/h2-12H,13H2,1H3,(H,24,25). The molecule has 2 aromatic carbocycles. The number of hydrogen-bond acceptors (Lipinski definition) is 4. The van der Waals surface area contributed by atoms with Gasteiger partial charge in [-0.25, -0.2) is 9.78 Å². The second-order valence-corrected chi connectivity index (χ2v) is 6.19. The van der Waals surface area contributed by atoms with Crippen LogP contribution in [0, 0.1) is 6.92 Å². The molecular formula is C22H17NO4. The molecular weight excluding hydrogens is 342 g/mol. The van der Waals surface area contributed by atoms with E-state index in [0.717, 1.165) is 22.2 Å². The predicted octanol–water partition coefficient (Wildman–Crippen LogP) is 5.08. The lowest BCUT2D eigenvalue weighted by Crippen LogP contribution is -1.98. The van der Waals surface area contributed by atoms with Crippen molar-refractivity contribution in [2.75, 3.05) is 0 Å². The zero-order chi connectivity index (χ0) is 18.8. The van der Waals surface area contributed by atoms with Gasteiger partial charge in [0.2, 0.25) is 0 Å². The monoisotopic (exact) mass is 359 g/mol. The average Bonchev–Trinajstić information content (AvgIpc) is 3.08. The van der Waals surface area contributed by atoms with E-state index in [1.54, 1.807) is 6.92 Å². The van der Waals surface area contributed by atoms with Gasteiger partial charge in [-0.05, 0) is 49.4 Å². The molecule has 0 aliphatic carbocycles. The van der Waals surface area contributed by atoms with Crippen LogP contribution in [0.25, 0.3) is 22.2 Å². The van der Waals surface area contributed by atoms with Crippen molar-refractivity contribution in [1.29, 1.82) is 0 Å². The summed E-state index contributed by atoms with van der Waals surface area (Å²) in [7, 11) is 0. The van der Waals surface area contributed by atoms with Gasteiger partial charge in [-0.3, -0.25) is 0 Å². The second kappa shape index (κ2) is 6.96. The lowest BCUT2D eigenvalue weighted by molar-refractivity contribution is 0.0695. The maximum atomic E-state index is 11.1. The smallest absolute Gasteiger partial charge is 0.339 e. The third kappa shape index (κ3) is 3.53. The summed E-state index contributed by atoms with van der Waals surface area (Å²) in [5.41, 5.74) is 2.76. The van der Waals surface area contributed by atoms with Crippen LogP contribution in [0.5, 0.6) is 5.75 Å². The number of carboxylic acid groups (broad SMARTS) is 1. The molecule has 0 aliphatic rings. The summed E-state index contributed by atoms with van der Waals surface area (Å²) in [6.45, 7) is 2.01. The summed E-state index contributed by atoms with van der Waals surface area (Å²) in [5.74, 6) is 0.619. The molecule has 5 heteroatoms. The van der Waals surface area contributed by atoms with Crippen molar-refractivity contribution < 1.29 is 19.1 Å². The number of aryl methyl sites for hydroxylation is 1. The summed E-state index contributed by atoms with van der Waals surface area (Å²) in [6.07, 6.45) is 0. The molecule has 5 nitrogen and oxygen atoms in total. The molecule has 27 heavy (non-hydrogen) atoms. The van der Waals surface area contributed by atoms with Crippen LogP contribution in [0.15, 0.2) is 71.1 Å². The molecule has 0 bridgehead atoms. The number of rotatable bonds is 5. The van der Waals surface area contributed by atoms with Crippen LogP contribution in [-0.4, -0.2) is 16.1 Å². The number of furan rings is 1. The van der Waals surface area contributed by atoms with Gasteiger partial charge in [0.05, 0.1) is 11.2 Å². The van der Waals surface area contributed by atoms with Crippen molar-refractivity contribution in [2.45, 2.75) is 13.5 Å². The highest BCUT2D eigenvalue weighted by Gasteiger charge is 2.14. The quantitative estimate of drug-likeness (QED) is 0.538. The Hall–Kier alpha value is -3.60. The zero-order valence-electron chi connectivity index (χ0n) is 14.7. The van der Waals surface area contributed by atoms with Crippen molar-refractivity contribution in [2.24, 2.45) is 0 Å². The lowest BCUT2D eigenvalue weighted by atomic mass is 10.1. The highest BCUT2D eigenvalue weighted by molar-refractivity contribution is 5.90. The minimum Gasteiger partial charge on any atom is -0.487 e. The van der Waals surface area contributed by atoms with Crippen molar-refractivity contribution in [3.8, 4) is 17.1 Å². The van der Waals surface area contributed by atoms with Gasteiger partial charge in [0.1, 0.15) is 29.4 Å². The summed E-state index contributed by atoms with van der Waals surface area (Å²) in [4.78, 5) is 15.7. The number of aromatic nitrogens is 1. The maximum Gasteiger partial charge on any atom is 0.339 e. The van der Waals surface area contributed by atoms with E-state index in [1.165, 1.54) is 6.07 Å². The Bertz CT molecular complexity index is 1110.